The van der Waals surface area contributed by atoms with Crippen molar-refractivity contribution in [1.82, 2.24) is 0 Å². The molecule has 0 aromatic heterocycles. The zero-order valence-corrected chi connectivity index (χ0v) is 10.8. The summed E-state index contributed by atoms with van der Waals surface area (Å²) in [7, 11) is 1.52. The van der Waals surface area contributed by atoms with Gasteiger partial charge in [-0.3, -0.25) is 4.79 Å². The van der Waals surface area contributed by atoms with Crippen LogP contribution in [0.5, 0.6) is 0 Å². The van der Waals surface area contributed by atoms with E-state index in [0.717, 1.165) is 12.1 Å². The van der Waals surface area contributed by atoms with Crippen molar-refractivity contribution in [3.8, 4) is 0 Å². The van der Waals surface area contributed by atoms with Crippen LogP contribution in [-0.2, 0) is 11.0 Å². The molecule has 1 aromatic rings. The Labute approximate surface area is 106 Å². The maximum absolute atomic E-state index is 12.3. The van der Waals surface area contributed by atoms with Gasteiger partial charge in [-0.2, -0.15) is 13.2 Å². The zero-order chi connectivity index (χ0) is 13.2. The molecule has 0 aliphatic carbocycles. The van der Waals surface area contributed by atoms with Gasteiger partial charge in [0.2, 0.25) is 5.91 Å². The van der Waals surface area contributed by atoms with Crippen LogP contribution >= 0.6 is 15.9 Å². The average Bonchev–Trinajstić information content (AvgIpc) is 2.26. The molecule has 17 heavy (non-hydrogen) atoms. The molecule has 0 aliphatic heterocycles. The Kier molecular flexibility index (Phi) is 4.19. The number of carbonyl (C=O) groups is 1. The first-order chi connectivity index (χ1) is 7.73. The van der Waals surface area contributed by atoms with Gasteiger partial charge in [-0.1, -0.05) is 15.9 Å². The van der Waals surface area contributed by atoms with Crippen molar-refractivity contribution in [2.24, 2.45) is 0 Å². The van der Waals surface area contributed by atoms with E-state index in [1.54, 1.807) is 6.92 Å². The summed E-state index contributed by atoms with van der Waals surface area (Å²) in [6, 6.07) is 4.46. The third kappa shape index (κ3) is 3.46. The topological polar surface area (TPSA) is 20.3 Å². The Hall–Kier alpha value is -1.04. The van der Waals surface area contributed by atoms with E-state index in [9.17, 15) is 18.0 Å². The molecule has 0 N–H and O–H groups in total. The average molecular weight is 310 g/mol. The van der Waals surface area contributed by atoms with Gasteiger partial charge < -0.3 is 4.90 Å². The predicted molar refractivity (Wildman–Crippen MR) is 63.2 cm³/mol. The molecule has 1 atom stereocenters. The van der Waals surface area contributed by atoms with E-state index in [0.29, 0.717) is 5.69 Å². The predicted octanol–water partition coefficient (Wildman–Crippen LogP) is 3.45. The molecule has 0 aliphatic rings. The first-order valence-electron chi connectivity index (χ1n) is 4.82. The highest BCUT2D eigenvalue weighted by Crippen LogP contribution is 2.30. The third-order valence-electron chi connectivity index (χ3n) is 2.25. The van der Waals surface area contributed by atoms with Crippen molar-refractivity contribution in [2.45, 2.75) is 17.9 Å². The van der Waals surface area contributed by atoms with Crippen LogP contribution < -0.4 is 4.90 Å². The number of hydrogen-bond donors (Lipinski definition) is 0. The Morgan fingerprint density at radius 3 is 2.12 bits per heavy atom. The van der Waals surface area contributed by atoms with Crippen LogP contribution in [0.3, 0.4) is 0 Å². The molecule has 1 rings (SSSR count). The van der Waals surface area contributed by atoms with Crippen molar-refractivity contribution < 1.29 is 18.0 Å². The number of anilines is 1. The molecular formula is C11H11BrF3NO. The van der Waals surface area contributed by atoms with Gasteiger partial charge in [0.05, 0.1) is 10.4 Å². The van der Waals surface area contributed by atoms with Gasteiger partial charge in [-0.25, -0.2) is 0 Å². The standard InChI is InChI=1S/C11H11BrF3NO/c1-7(12)10(17)16(2)9-5-3-8(4-6-9)11(13,14)15/h3-7H,1-2H3. The summed E-state index contributed by atoms with van der Waals surface area (Å²) in [6.45, 7) is 1.66. The van der Waals surface area contributed by atoms with Crippen molar-refractivity contribution in [2.75, 3.05) is 11.9 Å². The number of benzene rings is 1. The molecule has 94 valence electrons. The molecule has 0 saturated heterocycles. The second-order valence-corrected chi connectivity index (χ2v) is 4.93. The van der Waals surface area contributed by atoms with Gasteiger partial charge in [0, 0.05) is 12.7 Å². The molecule has 0 bridgehead atoms. The van der Waals surface area contributed by atoms with Crippen LogP contribution in [0.4, 0.5) is 18.9 Å². The number of halogens is 4. The van der Waals surface area contributed by atoms with E-state index in [-0.39, 0.29) is 10.7 Å². The molecule has 0 radical (unpaired) electrons. The fraction of sp³-hybridized carbons (Fsp3) is 0.364. The van der Waals surface area contributed by atoms with Crippen LogP contribution in [0.25, 0.3) is 0 Å². The monoisotopic (exact) mass is 309 g/mol. The molecule has 1 unspecified atom stereocenters. The van der Waals surface area contributed by atoms with Gasteiger partial charge in [-0.05, 0) is 31.2 Å². The summed E-state index contributed by atoms with van der Waals surface area (Å²) in [5.41, 5.74) is -0.303. The molecular weight excluding hydrogens is 299 g/mol. The summed E-state index contributed by atoms with van der Waals surface area (Å²) in [5, 5.41) is 0. The zero-order valence-electron chi connectivity index (χ0n) is 9.25. The number of carbonyl (C=O) groups excluding carboxylic acids is 1. The SMILES string of the molecule is CC(Br)C(=O)N(C)c1ccc(C(F)(F)F)cc1. The highest BCUT2D eigenvalue weighted by molar-refractivity contribution is 9.10. The lowest BCUT2D eigenvalue weighted by molar-refractivity contribution is -0.137. The number of amides is 1. The van der Waals surface area contributed by atoms with E-state index in [4.69, 9.17) is 0 Å². The van der Waals surface area contributed by atoms with Crippen LogP contribution in [0.1, 0.15) is 12.5 Å². The Balaban J connectivity index is 2.92. The Bertz CT molecular complexity index is 400. The molecule has 6 heteroatoms. The highest BCUT2D eigenvalue weighted by atomic mass is 79.9. The van der Waals surface area contributed by atoms with Crippen LogP contribution in [0, 0.1) is 0 Å². The van der Waals surface area contributed by atoms with Crippen molar-refractivity contribution >= 4 is 27.5 Å². The Morgan fingerprint density at radius 1 is 1.29 bits per heavy atom. The van der Waals surface area contributed by atoms with Crippen molar-refractivity contribution in [1.29, 1.82) is 0 Å². The van der Waals surface area contributed by atoms with E-state index in [1.807, 2.05) is 0 Å². The smallest absolute Gasteiger partial charge is 0.315 e. The van der Waals surface area contributed by atoms with Gasteiger partial charge in [0.1, 0.15) is 0 Å². The Morgan fingerprint density at radius 2 is 1.76 bits per heavy atom. The van der Waals surface area contributed by atoms with Crippen molar-refractivity contribution in [3.63, 3.8) is 0 Å². The molecule has 1 aromatic carbocycles. The second-order valence-electron chi connectivity index (χ2n) is 3.56. The lowest BCUT2D eigenvalue weighted by Crippen LogP contribution is -2.31. The third-order valence-corrected chi connectivity index (χ3v) is 2.64. The van der Waals surface area contributed by atoms with E-state index >= 15 is 0 Å². The minimum absolute atomic E-state index is 0.218. The fourth-order valence-electron chi connectivity index (χ4n) is 1.27. The lowest BCUT2D eigenvalue weighted by Gasteiger charge is -2.19. The van der Waals surface area contributed by atoms with Gasteiger partial charge >= 0.3 is 6.18 Å². The van der Waals surface area contributed by atoms with E-state index in [1.165, 1.54) is 24.1 Å². The minimum Gasteiger partial charge on any atom is -0.315 e. The van der Waals surface area contributed by atoms with Gasteiger partial charge in [-0.15, -0.1) is 0 Å². The summed E-state index contributed by atoms with van der Waals surface area (Å²) >= 11 is 3.11. The maximum atomic E-state index is 12.3. The summed E-state index contributed by atoms with van der Waals surface area (Å²) < 4.78 is 37.0. The molecule has 2 nitrogen and oxygen atoms in total. The number of alkyl halides is 4. The first-order valence-corrected chi connectivity index (χ1v) is 5.74. The normalized spacial score (nSPS) is 13.3. The van der Waals surface area contributed by atoms with Gasteiger partial charge in [0.25, 0.3) is 0 Å². The van der Waals surface area contributed by atoms with E-state index < -0.39 is 11.7 Å². The largest absolute Gasteiger partial charge is 0.416 e. The van der Waals surface area contributed by atoms with Crippen LogP contribution in [-0.4, -0.2) is 17.8 Å². The summed E-state index contributed by atoms with van der Waals surface area (Å²) in [6.07, 6.45) is -4.36. The first kappa shape index (κ1) is 14.0. The lowest BCUT2D eigenvalue weighted by atomic mass is 10.2. The fourth-order valence-corrected chi connectivity index (χ4v) is 1.58. The molecule has 0 saturated carbocycles. The second kappa shape index (κ2) is 5.08. The number of rotatable bonds is 2. The summed E-state index contributed by atoms with van der Waals surface area (Å²) in [4.78, 5) is 12.5. The molecule has 0 fully saturated rings. The van der Waals surface area contributed by atoms with E-state index in [2.05, 4.69) is 15.9 Å². The molecule has 0 spiro atoms. The van der Waals surface area contributed by atoms with Crippen LogP contribution in [0.15, 0.2) is 24.3 Å². The quantitative estimate of drug-likeness (QED) is 0.766. The number of hydrogen-bond acceptors (Lipinski definition) is 1. The van der Waals surface area contributed by atoms with Gasteiger partial charge in [0.15, 0.2) is 0 Å². The molecule has 0 heterocycles. The summed E-state index contributed by atoms with van der Waals surface area (Å²) in [5.74, 6) is -0.218. The number of nitrogens with zero attached hydrogens (tertiary/aromatic N) is 1. The van der Waals surface area contributed by atoms with Crippen LogP contribution in [0.2, 0.25) is 0 Å². The minimum atomic E-state index is -4.36. The highest BCUT2D eigenvalue weighted by Gasteiger charge is 2.30. The maximum Gasteiger partial charge on any atom is 0.416 e. The van der Waals surface area contributed by atoms with Crippen molar-refractivity contribution in [3.05, 3.63) is 29.8 Å². The molecule has 1 amide bonds.